The van der Waals surface area contributed by atoms with Crippen molar-refractivity contribution in [1.82, 2.24) is 14.3 Å². The topological polar surface area (TPSA) is 54.0 Å². The molecule has 0 unspecified atom stereocenters. The van der Waals surface area contributed by atoms with Gasteiger partial charge < -0.3 is 18.6 Å². The molecular weight excluding hydrogens is 364 g/mol. The number of fused-ring (bicyclic) bond motifs is 2. The van der Waals surface area contributed by atoms with Crippen molar-refractivity contribution in [2.24, 2.45) is 0 Å². The van der Waals surface area contributed by atoms with Gasteiger partial charge in [-0.1, -0.05) is 13.0 Å². The van der Waals surface area contributed by atoms with Crippen LogP contribution >= 0.6 is 0 Å². The van der Waals surface area contributed by atoms with Gasteiger partial charge in [-0.15, -0.1) is 0 Å². The van der Waals surface area contributed by atoms with E-state index in [4.69, 9.17) is 9.40 Å². The summed E-state index contributed by atoms with van der Waals surface area (Å²) in [6.07, 6.45) is 4.74. The molecule has 0 saturated carbocycles. The number of anilines is 1. The zero-order valence-electron chi connectivity index (χ0n) is 16.8. The third-order valence-corrected chi connectivity index (χ3v) is 5.81. The standard InChI is InChI=1S/C23H24N4O2/c1-3-16-5-4-8-27-15-20(24-22(16)27)19-13-17-6-7-18(14-21(17)29-23(19)28)26-11-9-25(2)10-12-26/h4-8,13-15H,3,9-12H2,1-2H3. The highest BCUT2D eigenvalue weighted by atomic mass is 16.4. The molecule has 6 heteroatoms. The lowest BCUT2D eigenvalue weighted by Crippen LogP contribution is -2.44. The molecule has 1 saturated heterocycles. The van der Waals surface area contributed by atoms with E-state index in [0.717, 1.165) is 54.9 Å². The first-order valence-corrected chi connectivity index (χ1v) is 10.1. The van der Waals surface area contributed by atoms with Crippen LogP contribution in [0.3, 0.4) is 0 Å². The molecule has 0 radical (unpaired) electrons. The number of likely N-dealkylation sites (N-methyl/N-ethyl adjacent to an activating group) is 1. The molecule has 0 aliphatic carbocycles. The molecule has 148 valence electrons. The van der Waals surface area contributed by atoms with E-state index in [0.29, 0.717) is 16.8 Å². The Kier molecular flexibility index (Phi) is 4.36. The fourth-order valence-corrected chi connectivity index (χ4v) is 4.02. The number of rotatable bonds is 3. The number of aryl methyl sites for hydroxylation is 1. The number of imidazole rings is 1. The minimum Gasteiger partial charge on any atom is -0.422 e. The average Bonchev–Trinajstić information content (AvgIpc) is 3.17. The molecule has 0 bridgehead atoms. The van der Waals surface area contributed by atoms with Gasteiger partial charge in [-0.2, -0.15) is 0 Å². The molecule has 1 fully saturated rings. The summed E-state index contributed by atoms with van der Waals surface area (Å²) in [7, 11) is 2.14. The van der Waals surface area contributed by atoms with Gasteiger partial charge in [-0.3, -0.25) is 0 Å². The van der Waals surface area contributed by atoms with Crippen molar-refractivity contribution in [3.8, 4) is 11.3 Å². The summed E-state index contributed by atoms with van der Waals surface area (Å²) in [4.78, 5) is 22.1. The molecular formula is C23H24N4O2. The number of pyridine rings is 1. The van der Waals surface area contributed by atoms with Gasteiger partial charge in [0.25, 0.3) is 0 Å². The summed E-state index contributed by atoms with van der Waals surface area (Å²) in [5, 5.41) is 0.908. The van der Waals surface area contributed by atoms with E-state index < -0.39 is 0 Å². The normalized spacial score (nSPS) is 15.4. The predicted molar refractivity (Wildman–Crippen MR) is 116 cm³/mol. The van der Waals surface area contributed by atoms with Crippen LogP contribution in [0.15, 0.2) is 58.0 Å². The molecule has 3 aromatic heterocycles. The van der Waals surface area contributed by atoms with E-state index in [1.54, 1.807) is 0 Å². The molecule has 1 aliphatic heterocycles. The Morgan fingerprint density at radius 3 is 2.72 bits per heavy atom. The van der Waals surface area contributed by atoms with Crippen molar-refractivity contribution >= 4 is 22.3 Å². The van der Waals surface area contributed by atoms with Crippen LogP contribution < -0.4 is 10.5 Å². The summed E-state index contributed by atoms with van der Waals surface area (Å²) in [5.74, 6) is 0. The highest BCUT2D eigenvalue weighted by molar-refractivity contribution is 5.84. The van der Waals surface area contributed by atoms with Crippen LogP contribution in [0.1, 0.15) is 12.5 Å². The van der Waals surface area contributed by atoms with Crippen molar-refractivity contribution < 1.29 is 4.42 Å². The largest absolute Gasteiger partial charge is 0.422 e. The van der Waals surface area contributed by atoms with Crippen molar-refractivity contribution in [1.29, 1.82) is 0 Å². The number of benzene rings is 1. The minimum absolute atomic E-state index is 0.352. The summed E-state index contributed by atoms with van der Waals surface area (Å²) in [5.41, 5.74) is 4.54. The van der Waals surface area contributed by atoms with Gasteiger partial charge in [0.1, 0.15) is 11.2 Å². The lowest BCUT2D eigenvalue weighted by molar-refractivity contribution is 0.313. The smallest absolute Gasteiger partial charge is 0.345 e. The highest BCUT2D eigenvalue weighted by Crippen LogP contribution is 2.26. The summed E-state index contributed by atoms with van der Waals surface area (Å²) < 4.78 is 7.68. The summed E-state index contributed by atoms with van der Waals surface area (Å²) in [6.45, 7) is 6.13. The van der Waals surface area contributed by atoms with Gasteiger partial charge in [0.15, 0.2) is 0 Å². The number of aromatic nitrogens is 2. The van der Waals surface area contributed by atoms with Crippen LogP contribution in [0.5, 0.6) is 0 Å². The van der Waals surface area contributed by atoms with Crippen molar-refractivity contribution in [2.75, 3.05) is 38.1 Å². The highest BCUT2D eigenvalue weighted by Gasteiger charge is 2.17. The van der Waals surface area contributed by atoms with Crippen LogP contribution in [0.2, 0.25) is 0 Å². The average molecular weight is 388 g/mol. The Morgan fingerprint density at radius 2 is 1.93 bits per heavy atom. The Hall–Kier alpha value is -3.12. The van der Waals surface area contributed by atoms with Crippen LogP contribution in [0.4, 0.5) is 5.69 Å². The molecule has 5 rings (SSSR count). The van der Waals surface area contributed by atoms with E-state index in [-0.39, 0.29) is 5.63 Å². The first-order chi connectivity index (χ1) is 14.1. The fourth-order valence-electron chi connectivity index (χ4n) is 4.02. The second-order valence-corrected chi connectivity index (χ2v) is 7.70. The molecule has 0 spiro atoms. The molecule has 6 nitrogen and oxygen atoms in total. The quantitative estimate of drug-likeness (QED) is 0.504. The Balaban J connectivity index is 1.55. The second kappa shape index (κ2) is 7.04. The molecule has 29 heavy (non-hydrogen) atoms. The first kappa shape index (κ1) is 17.9. The van der Waals surface area contributed by atoms with Crippen molar-refractivity contribution in [2.45, 2.75) is 13.3 Å². The SMILES string of the molecule is CCc1cccn2cc(-c3cc4ccc(N5CCN(C)CC5)cc4oc3=O)nc12. The van der Waals surface area contributed by atoms with Gasteiger partial charge in [0.2, 0.25) is 0 Å². The molecule has 4 aromatic rings. The third kappa shape index (κ3) is 3.19. The zero-order valence-corrected chi connectivity index (χ0v) is 16.8. The predicted octanol–water partition coefficient (Wildman–Crippen LogP) is 3.42. The van der Waals surface area contributed by atoms with Crippen LogP contribution in [-0.2, 0) is 6.42 Å². The van der Waals surface area contributed by atoms with Crippen molar-refractivity contribution in [3.05, 3.63) is 64.8 Å². The van der Waals surface area contributed by atoms with Crippen LogP contribution in [0, 0.1) is 0 Å². The van der Waals surface area contributed by atoms with Gasteiger partial charge in [0, 0.05) is 55.7 Å². The van der Waals surface area contributed by atoms with Crippen LogP contribution in [-0.4, -0.2) is 47.5 Å². The van der Waals surface area contributed by atoms with Crippen LogP contribution in [0.25, 0.3) is 27.9 Å². The lowest BCUT2D eigenvalue weighted by atomic mass is 10.1. The van der Waals surface area contributed by atoms with Crippen molar-refractivity contribution in [3.63, 3.8) is 0 Å². The van der Waals surface area contributed by atoms with E-state index >= 15 is 0 Å². The number of nitrogens with zero attached hydrogens (tertiary/aromatic N) is 4. The molecule has 0 atom stereocenters. The van der Waals surface area contributed by atoms with Gasteiger partial charge in [-0.05, 0) is 43.3 Å². The molecule has 1 aromatic carbocycles. The molecule has 0 N–H and O–H groups in total. The second-order valence-electron chi connectivity index (χ2n) is 7.70. The van der Waals surface area contributed by atoms with Gasteiger partial charge in [-0.25, -0.2) is 9.78 Å². The van der Waals surface area contributed by atoms with Gasteiger partial charge >= 0.3 is 5.63 Å². The van der Waals surface area contributed by atoms with E-state index in [2.05, 4.69) is 35.9 Å². The maximum absolute atomic E-state index is 12.8. The fraction of sp³-hybridized carbons (Fsp3) is 0.304. The molecule has 4 heterocycles. The summed E-state index contributed by atoms with van der Waals surface area (Å²) >= 11 is 0. The maximum Gasteiger partial charge on any atom is 0.345 e. The Labute approximate surface area is 169 Å². The number of hydrogen-bond acceptors (Lipinski definition) is 5. The Morgan fingerprint density at radius 1 is 1.10 bits per heavy atom. The maximum atomic E-state index is 12.8. The summed E-state index contributed by atoms with van der Waals surface area (Å²) in [6, 6.07) is 12.1. The van der Waals surface area contributed by atoms with E-state index in [9.17, 15) is 4.79 Å². The first-order valence-electron chi connectivity index (χ1n) is 10.1. The lowest BCUT2D eigenvalue weighted by Gasteiger charge is -2.34. The van der Waals surface area contributed by atoms with E-state index in [1.807, 2.05) is 41.1 Å². The zero-order chi connectivity index (χ0) is 20.0. The Bertz CT molecular complexity index is 1250. The molecule has 1 aliphatic rings. The van der Waals surface area contributed by atoms with E-state index in [1.165, 1.54) is 0 Å². The van der Waals surface area contributed by atoms with Gasteiger partial charge in [0.05, 0.1) is 11.3 Å². The number of piperazine rings is 1. The monoisotopic (exact) mass is 388 g/mol. The molecule has 0 amide bonds. The number of hydrogen-bond donors (Lipinski definition) is 0. The minimum atomic E-state index is -0.352. The third-order valence-electron chi connectivity index (χ3n) is 5.81.